The molecule has 0 spiro atoms. The van der Waals surface area contributed by atoms with Gasteiger partial charge in [-0.05, 0) is 6.92 Å². The molecule has 0 saturated carbocycles. The van der Waals surface area contributed by atoms with E-state index >= 15 is 0 Å². The molecule has 1 aromatic heterocycles. The Labute approximate surface area is 94.2 Å². The van der Waals surface area contributed by atoms with E-state index in [1.54, 1.807) is 4.68 Å². The summed E-state index contributed by atoms with van der Waals surface area (Å²) in [5, 5.41) is 12.0. The molecule has 3 N–H and O–H groups in total. The van der Waals surface area contributed by atoms with Crippen LogP contribution in [0.15, 0.2) is 36.5 Å². The average Bonchev–Trinajstić information content (AvgIpc) is 2.74. The Balaban J connectivity index is 2.55. The van der Waals surface area contributed by atoms with Crippen molar-refractivity contribution < 1.29 is 0 Å². The zero-order valence-electron chi connectivity index (χ0n) is 9.14. The van der Waals surface area contributed by atoms with Crippen molar-refractivity contribution in [3.05, 3.63) is 42.1 Å². The van der Waals surface area contributed by atoms with E-state index in [9.17, 15) is 0 Å². The van der Waals surface area contributed by atoms with Crippen LogP contribution in [0.4, 0.5) is 0 Å². The van der Waals surface area contributed by atoms with Crippen LogP contribution in [0.5, 0.6) is 0 Å². The fourth-order valence-electron chi connectivity index (χ4n) is 1.59. The zero-order valence-corrected chi connectivity index (χ0v) is 9.14. The van der Waals surface area contributed by atoms with Crippen molar-refractivity contribution in [2.75, 3.05) is 0 Å². The molecule has 0 aliphatic rings. The maximum atomic E-state index is 7.54. The van der Waals surface area contributed by atoms with Crippen molar-refractivity contribution >= 4 is 5.84 Å². The zero-order chi connectivity index (χ0) is 11.5. The number of amidine groups is 1. The molecule has 2 aromatic rings. The van der Waals surface area contributed by atoms with Crippen molar-refractivity contribution in [3.63, 3.8) is 0 Å². The Kier molecular flexibility index (Phi) is 2.72. The molecule has 0 saturated heterocycles. The Bertz CT molecular complexity index is 499. The number of nitrogens with zero attached hydrogens (tertiary/aromatic N) is 2. The van der Waals surface area contributed by atoms with E-state index in [2.05, 4.69) is 5.10 Å². The molecule has 1 aromatic carbocycles. The summed E-state index contributed by atoms with van der Waals surface area (Å²) in [5.41, 5.74) is 8.00. The third-order valence-corrected chi connectivity index (χ3v) is 2.42. The lowest BCUT2D eigenvalue weighted by atomic mass is 10.1. The number of hydrogen-bond donors (Lipinski definition) is 2. The number of nitrogens with two attached hydrogens (primary N) is 1. The van der Waals surface area contributed by atoms with Crippen molar-refractivity contribution in [1.29, 1.82) is 5.41 Å². The van der Waals surface area contributed by atoms with Crippen LogP contribution in [0.1, 0.15) is 12.5 Å². The second-order valence-corrected chi connectivity index (χ2v) is 3.53. The van der Waals surface area contributed by atoms with E-state index in [1.807, 2.05) is 43.5 Å². The Morgan fingerprint density at radius 3 is 2.62 bits per heavy atom. The van der Waals surface area contributed by atoms with Crippen LogP contribution in [0.3, 0.4) is 0 Å². The van der Waals surface area contributed by atoms with E-state index in [0.29, 0.717) is 5.56 Å². The van der Waals surface area contributed by atoms with Gasteiger partial charge in [-0.1, -0.05) is 30.3 Å². The summed E-state index contributed by atoms with van der Waals surface area (Å²) in [6.45, 7) is 2.78. The Morgan fingerprint density at radius 2 is 2.06 bits per heavy atom. The first-order chi connectivity index (χ1) is 7.72. The van der Waals surface area contributed by atoms with Gasteiger partial charge < -0.3 is 5.73 Å². The lowest BCUT2D eigenvalue weighted by Gasteiger charge is -1.99. The van der Waals surface area contributed by atoms with Crippen LogP contribution < -0.4 is 5.73 Å². The van der Waals surface area contributed by atoms with Crippen LogP contribution in [0.2, 0.25) is 0 Å². The van der Waals surface area contributed by atoms with Gasteiger partial charge >= 0.3 is 0 Å². The van der Waals surface area contributed by atoms with Gasteiger partial charge in [0.25, 0.3) is 0 Å². The maximum Gasteiger partial charge on any atom is 0.126 e. The van der Waals surface area contributed by atoms with Gasteiger partial charge in [0.05, 0.1) is 5.56 Å². The molecular weight excluding hydrogens is 200 g/mol. The van der Waals surface area contributed by atoms with E-state index in [1.165, 1.54) is 0 Å². The van der Waals surface area contributed by atoms with Crippen molar-refractivity contribution in [3.8, 4) is 11.3 Å². The summed E-state index contributed by atoms with van der Waals surface area (Å²) in [6, 6.07) is 9.78. The fraction of sp³-hybridized carbons (Fsp3) is 0.167. The predicted octanol–water partition coefficient (Wildman–Crippen LogP) is 1.85. The van der Waals surface area contributed by atoms with Gasteiger partial charge in [0, 0.05) is 18.3 Å². The molecule has 0 bridgehead atoms. The minimum atomic E-state index is 0.0542. The summed E-state index contributed by atoms with van der Waals surface area (Å²) in [4.78, 5) is 0. The maximum absolute atomic E-state index is 7.54. The van der Waals surface area contributed by atoms with E-state index in [4.69, 9.17) is 11.1 Å². The lowest BCUT2D eigenvalue weighted by molar-refractivity contribution is 0.662. The smallest absolute Gasteiger partial charge is 0.126 e. The van der Waals surface area contributed by atoms with Gasteiger partial charge in [-0.15, -0.1) is 0 Å². The molecule has 0 aliphatic heterocycles. The molecule has 82 valence electrons. The Morgan fingerprint density at radius 1 is 1.38 bits per heavy atom. The van der Waals surface area contributed by atoms with E-state index < -0.39 is 0 Å². The Hall–Kier alpha value is -2.10. The standard InChI is InChI=1S/C12H14N4/c1-2-16-8-10(12(13)14)11(15-16)9-6-4-3-5-7-9/h3-8H,2H2,1H3,(H3,13,14). The third-order valence-electron chi connectivity index (χ3n) is 2.42. The fourth-order valence-corrected chi connectivity index (χ4v) is 1.59. The van der Waals surface area contributed by atoms with Crippen LogP contribution in [-0.4, -0.2) is 15.6 Å². The molecule has 0 atom stereocenters. The molecule has 4 heteroatoms. The highest BCUT2D eigenvalue weighted by molar-refractivity contribution is 6.00. The summed E-state index contributed by atoms with van der Waals surface area (Å²) in [6.07, 6.45) is 1.81. The molecule has 0 radical (unpaired) electrons. The average molecular weight is 214 g/mol. The second kappa shape index (κ2) is 4.18. The number of rotatable bonds is 3. The highest BCUT2D eigenvalue weighted by Gasteiger charge is 2.12. The largest absolute Gasteiger partial charge is 0.384 e. The summed E-state index contributed by atoms with van der Waals surface area (Å²) in [7, 11) is 0. The number of aryl methyl sites for hydroxylation is 1. The second-order valence-electron chi connectivity index (χ2n) is 3.53. The number of nitrogen functional groups attached to an aromatic ring is 1. The summed E-state index contributed by atoms with van der Waals surface area (Å²) < 4.78 is 1.79. The minimum Gasteiger partial charge on any atom is -0.384 e. The number of nitrogens with one attached hydrogen (secondary N) is 1. The molecule has 16 heavy (non-hydrogen) atoms. The van der Waals surface area contributed by atoms with Crippen LogP contribution in [0.25, 0.3) is 11.3 Å². The van der Waals surface area contributed by atoms with Gasteiger partial charge in [0.1, 0.15) is 11.5 Å². The molecule has 0 amide bonds. The topological polar surface area (TPSA) is 67.7 Å². The molecular formula is C12H14N4. The minimum absolute atomic E-state index is 0.0542. The van der Waals surface area contributed by atoms with E-state index in [-0.39, 0.29) is 5.84 Å². The third kappa shape index (κ3) is 1.82. The van der Waals surface area contributed by atoms with Crippen molar-refractivity contribution in [2.45, 2.75) is 13.5 Å². The van der Waals surface area contributed by atoms with Gasteiger partial charge in [0.15, 0.2) is 0 Å². The van der Waals surface area contributed by atoms with E-state index in [0.717, 1.165) is 17.8 Å². The van der Waals surface area contributed by atoms with Crippen molar-refractivity contribution in [1.82, 2.24) is 9.78 Å². The van der Waals surface area contributed by atoms with Crippen molar-refractivity contribution in [2.24, 2.45) is 5.73 Å². The SMILES string of the molecule is CCn1cc(C(=N)N)c(-c2ccccc2)n1. The monoisotopic (exact) mass is 214 g/mol. The first-order valence-corrected chi connectivity index (χ1v) is 5.19. The van der Waals surface area contributed by atoms with Crippen LogP contribution in [-0.2, 0) is 6.54 Å². The highest BCUT2D eigenvalue weighted by atomic mass is 15.3. The van der Waals surface area contributed by atoms with Crippen LogP contribution >= 0.6 is 0 Å². The van der Waals surface area contributed by atoms with Gasteiger partial charge in [0.2, 0.25) is 0 Å². The van der Waals surface area contributed by atoms with Gasteiger partial charge in [-0.3, -0.25) is 10.1 Å². The molecule has 1 heterocycles. The molecule has 0 unspecified atom stereocenters. The van der Waals surface area contributed by atoms with Gasteiger partial charge in [-0.25, -0.2) is 0 Å². The molecule has 0 fully saturated rings. The van der Waals surface area contributed by atoms with Gasteiger partial charge in [-0.2, -0.15) is 5.10 Å². The highest BCUT2D eigenvalue weighted by Crippen LogP contribution is 2.21. The number of benzene rings is 1. The lowest BCUT2D eigenvalue weighted by Crippen LogP contribution is -2.11. The first kappa shape index (κ1) is 10.4. The summed E-state index contributed by atoms with van der Waals surface area (Å²) >= 11 is 0. The number of aromatic nitrogens is 2. The molecule has 4 nitrogen and oxygen atoms in total. The molecule has 2 rings (SSSR count). The first-order valence-electron chi connectivity index (χ1n) is 5.19. The predicted molar refractivity (Wildman–Crippen MR) is 64.4 cm³/mol. The quantitative estimate of drug-likeness (QED) is 0.604. The normalized spacial score (nSPS) is 10.3. The van der Waals surface area contributed by atoms with Crippen LogP contribution in [0, 0.1) is 5.41 Å². The number of hydrogen-bond acceptors (Lipinski definition) is 2. The summed E-state index contributed by atoms with van der Waals surface area (Å²) in [5.74, 6) is 0.0542. The molecule has 0 aliphatic carbocycles.